The molecular weight excluding hydrogens is 266 g/mol. The van der Waals surface area contributed by atoms with Gasteiger partial charge in [0, 0.05) is 12.1 Å². The first-order valence-corrected chi connectivity index (χ1v) is 7.01. The van der Waals surface area contributed by atoms with E-state index in [9.17, 15) is 8.42 Å². The Morgan fingerprint density at radius 3 is 2.53 bits per heavy atom. The molecule has 0 amide bonds. The van der Waals surface area contributed by atoms with Crippen LogP contribution in [-0.4, -0.2) is 13.0 Å². The summed E-state index contributed by atoms with van der Waals surface area (Å²) >= 11 is 0. The van der Waals surface area contributed by atoms with Gasteiger partial charge in [0.15, 0.2) is 5.69 Å². The van der Waals surface area contributed by atoms with Crippen molar-refractivity contribution in [3.8, 4) is 0 Å². The topological polar surface area (TPSA) is 84.9 Å². The summed E-state index contributed by atoms with van der Waals surface area (Å²) in [7, 11) is -4.20. The smallest absolute Gasteiger partial charge is 0.294 e. The van der Waals surface area contributed by atoms with Gasteiger partial charge in [-0.15, -0.1) is 0 Å². The van der Waals surface area contributed by atoms with Gasteiger partial charge in [0.2, 0.25) is 0 Å². The number of nitrogens with zero attached hydrogens (tertiary/aromatic N) is 1. The molecule has 1 unspecified atom stereocenters. The quantitative estimate of drug-likeness (QED) is 0.725. The number of hydrogen-bond donors (Lipinski definition) is 3. The molecule has 6 nitrogen and oxygen atoms in total. The van der Waals surface area contributed by atoms with E-state index in [-0.39, 0.29) is 4.90 Å². The number of hydrogen-bond acceptors (Lipinski definition) is 3. The lowest BCUT2D eigenvalue weighted by Gasteiger charge is -2.22. The van der Waals surface area contributed by atoms with E-state index in [4.69, 9.17) is 4.55 Å². The first-order valence-electron chi connectivity index (χ1n) is 5.57. The standard InChI is InChI=1S/C12H11N3O3S/c16-19(17,18)10-6-7-11-12(8-10)14-15(13-11)9-4-2-1-3-5-9/h1-8,14-15H,(H,16,17,18). The van der Waals surface area contributed by atoms with Crippen LogP contribution in [-0.2, 0) is 10.1 Å². The van der Waals surface area contributed by atoms with E-state index in [1.165, 1.54) is 12.1 Å². The average molecular weight is 277 g/mol. The Hall–Kier alpha value is -2.09. The Labute approximate surface area is 110 Å². The molecule has 98 valence electrons. The van der Waals surface area contributed by atoms with Crippen LogP contribution >= 0.6 is 0 Å². The number of benzene rings is 2. The van der Waals surface area contributed by atoms with E-state index in [1.54, 1.807) is 6.07 Å². The van der Waals surface area contributed by atoms with Crippen molar-refractivity contribution < 1.29 is 18.1 Å². The second-order valence-corrected chi connectivity index (χ2v) is 5.53. The molecular formula is C12H11N3O3S. The number of anilines is 1. The molecule has 1 atom stereocenters. The van der Waals surface area contributed by atoms with Crippen LogP contribution in [0.15, 0.2) is 53.4 Å². The highest BCUT2D eigenvalue weighted by atomic mass is 32.2. The lowest BCUT2D eigenvalue weighted by Crippen LogP contribution is -3.04. The Balaban J connectivity index is 1.93. The molecule has 3 rings (SSSR count). The molecule has 0 spiro atoms. The molecule has 0 aromatic heterocycles. The summed E-state index contributed by atoms with van der Waals surface area (Å²) < 4.78 is 31.2. The molecule has 1 aliphatic rings. The van der Waals surface area contributed by atoms with Crippen LogP contribution in [0.3, 0.4) is 0 Å². The second kappa shape index (κ2) is 4.23. The van der Waals surface area contributed by atoms with Crippen LogP contribution in [0.5, 0.6) is 0 Å². The predicted molar refractivity (Wildman–Crippen MR) is 70.0 cm³/mol. The van der Waals surface area contributed by atoms with Gasteiger partial charge < -0.3 is 5.43 Å². The minimum atomic E-state index is -4.20. The summed E-state index contributed by atoms with van der Waals surface area (Å²) in [6.07, 6.45) is 0. The van der Waals surface area contributed by atoms with Crippen molar-refractivity contribution >= 4 is 27.2 Å². The van der Waals surface area contributed by atoms with Crippen molar-refractivity contribution in [2.24, 2.45) is 0 Å². The first-order chi connectivity index (χ1) is 9.04. The normalized spacial score (nSPS) is 17.4. The number of fused-ring (bicyclic) bond motifs is 1. The van der Waals surface area contributed by atoms with Crippen LogP contribution in [0.4, 0.5) is 17.1 Å². The lowest BCUT2D eigenvalue weighted by atomic mass is 10.3. The molecule has 1 aliphatic heterocycles. The molecule has 0 saturated heterocycles. The number of para-hydroxylation sites is 1. The van der Waals surface area contributed by atoms with Crippen LogP contribution in [0.25, 0.3) is 5.43 Å². The number of nitrogens with one attached hydrogen (secondary N) is 2. The molecule has 3 N–H and O–H groups in total. The summed E-state index contributed by atoms with van der Waals surface area (Å²) in [6, 6.07) is 13.8. The third-order valence-electron chi connectivity index (χ3n) is 2.80. The fourth-order valence-corrected chi connectivity index (χ4v) is 2.39. The zero-order valence-corrected chi connectivity index (χ0v) is 10.6. The molecule has 0 bridgehead atoms. The minimum absolute atomic E-state index is 0.150. The highest BCUT2D eigenvalue weighted by Gasteiger charge is 2.18. The van der Waals surface area contributed by atoms with E-state index in [0.29, 0.717) is 16.5 Å². The summed E-state index contributed by atoms with van der Waals surface area (Å²) in [4.78, 5) is -0.150. The van der Waals surface area contributed by atoms with E-state index in [0.717, 1.165) is 5.69 Å². The van der Waals surface area contributed by atoms with Gasteiger partial charge in [0.05, 0.1) is 10.6 Å². The Kier molecular flexibility index (Phi) is 2.67. The summed E-state index contributed by atoms with van der Waals surface area (Å²) in [6.45, 7) is 0. The average Bonchev–Trinajstić information content (AvgIpc) is 2.81. The van der Waals surface area contributed by atoms with Gasteiger partial charge in [-0.3, -0.25) is 4.55 Å². The second-order valence-electron chi connectivity index (χ2n) is 4.11. The Morgan fingerprint density at radius 1 is 1.11 bits per heavy atom. The number of quaternary nitrogens is 1. The van der Waals surface area contributed by atoms with Crippen molar-refractivity contribution in [2.75, 3.05) is 5.43 Å². The van der Waals surface area contributed by atoms with Gasteiger partial charge in [-0.05, 0) is 12.1 Å². The highest BCUT2D eigenvalue weighted by Crippen LogP contribution is 2.32. The third-order valence-corrected chi connectivity index (χ3v) is 3.65. The molecule has 0 radical (unpaired) electrons. The molecule has 0 fully saturated rings. The fourth-order valence-electron chi connectivity index (χ4n) is 1.88. The number of rotatable bonds is 2. The molecule has 0 aliphatic carbocycles. The molecule has 19 heavy (non-hydrogen) atoms. The molecule has 7 heteroatoms. The van der Waals surface area contributed by atoms with Crippen molar-refractivity contribution in [1.82, 2.24) is 0 Å². The van der Waals surface area contributed by atoms with Gasteiger partial charge in [0.1, 0.15) is 0 Å². The van der Waals surface area contributed by atoms with E-state index >= 15 is 0 Å². The fraction of sp³-hybridized carbons (Fsp3) is 0. The van der Waals surface area contributed by atoms with Crippen LogP contribution in [0.2, 0.25) is 0 Å². The van der Waals surface area contributed by atoms with Gasteiger partial charge >= 0.3 is 0 Å². The maximum absolute atomic E-state index is 11.1. The Bertz CT molecular complexity index is 716. The van der Waals surface area contributed by atoms with Crippen molar-refractivity contribution in [2.45, 2.75) is 4.90 Å². The van der Waals surface area contributed by atoms with Crippen LogP contribution < -0.4 is 10.5 Å². The molecule has 1 heterocycles. The van der Waals surface area contributed by atoms with Gasteiger partial charge in [-0.2, -0.15) is 8.42 Å². The summed E-state index contributed by atoms with van der Waals surface area (Å²) in [5.74, 6) is 0. The first kappa shape index (κ1) is 12.0. The maximum Gasteiger partial charge on any atom is 0.294 e. The zero-order chi connectivity index (χ0) is 13.5. The van der Waals surface area contributed by atoms with E-state index < -0.39 is 10.1 Å². The third kappa shape index (κ3) is 2.26. The SMILES string of the molecule is O=S(=O)(O)c1ccc2c(c1)N[NH+](c1ccccc1)[N-]2. The van der Waals surface area contributed by atoms with Gasteiger partial charge in [-0.1, -0.05) is 30.0 Å². The van der Waals surface area contributed by atoms with Crippen molar-refractivity contribution in [1.29, 1.82) is 0 Å². The van der Waals surface area contributed by atoms with E-state index in [1.807, 2.05) is 30.3 Å². The van der Waals surface area contributed by atoms with Crippen molar-refractivity contribution in [3.63, 3.8) is 0 Å². The highest BCUT2D eigenvalue weighted by molar-refractivity contribution is 7.85. The van der Waals surface area contributed by atoms with Gasteiger partial charge in [-0.25, -0.2) is 10.5 Å². The van der Waals surface area contributed by atoms with Gasteiger partial charge in [0.25, 0.3) is 10.1 Å². The molecule has 2 aromatic carbocycles. The van der Waals surface area contributed by atoms with Crippen LogP contribution in [0, 0.1) is 0 Å². The lowest BCUT2D eigenvalue weighted by molar-refractivity contribution is -0.757. The largest absolute Gasteiger partial charge is 0.455 e. The maximum atomic E-state index is 11.1. The summed E-state index contributed by atoms with van der Waals surface area (Å²) in [5.41, 5.74) is 9.53. The molecule has 2 aromatic rings. The Morgan fingerprint density at radius 2 is 1.84 bits per heavy atom. The minimum Gasteiger partial charge on any atom is -0.455 e. The van der Waals surface area contributed by atoms with E-state index in [2.05, 4.69) is 10.9 Å². The monoisotopic (exact) mass is 277 g/mol. The zero-order valence-electron chi connectivity index (χ0n) is 9.74. The van der Waals surface area contributed by atoms with Crippen LogP contribution in [0.1, 0.15) is 0 Å². The summed E-state index contributed by atoms with van der Waals surface area (Å²) in [5, 5.41) is 0.656. The molecule has 0 saturated carbocycles. The predicted octanol–water partition coefficient (Wildman–Crippen LogP) is 1.41. The van der Waals surface area contributed by atoms with Crippen molar-refractivity contribution in [3.05, 3.63) is 54.0 Å².